The van der Waals surface area contributed by atoms with Crippen molar-refractivity contribution >= 4 is 35.4 Å². The lowest BCUT2D eigenvalue weighted by Gasteiger charge is -2.26. The Hall–Kier alpha value is -3.33. The maximum Gasteiger partial charge on any atom is 0.339 e. The zero-order valence-corrected chi connectivity index (χ0v) is 19.5. The van der Waals surface area contributed by atoms with Crippen molar-refractivity contribution in [2.45, 2.75) is 32.2 Å². The fourth-order valence-electron chi connectivity index (χ4n) is 3.85. The number of carbonyl (C=O) groups excluding carboxylic acids is 3. The van der Waals surface area contributed by atoms with Crippen molar-refractivity contribution in [3.05, 3.63) is 64.4 Å². The molecule has 1 unspecified atom stereocenters. The van der Waals surface area contributed by atoms with E-state index < -0.39 is 5.97 Å². The third-order valence-electron chi connectivity index (χ3n) is 5.76. The summed E-state index contributed by atoms with van der Waals surface area (Å²) in [6.07, 6.45) is 2.23. The SMILES string of the molecule is COC(=O)c1ccc(NC(=O)CSC2C(C)=C(C)C(=O)N2Cc2ccc3c(c2)CCO3)nc1. The number of nitrogens with one attached hydrogen (secondary N) is 1. The van der Waals surface area contributed by atoms with Gasteiger partial charge in [-0.05, 0) is 48.7 Å². The molecule has 1 aromatic heterocycles. The van der Waals surface area contributed by atoms with E-state index in [2.05, 4.69) is 21.1 Å². The smallest absolute Gasteiger partial charge is 0.339 e. The van der Waals surface area contributed by atoms with Crippen molar-refractivity contribution in [3.8, 4) is 5.75 Å². The van der Waals surface area contributed by atoms with E-state index in [1.807, 2.05) is 30.9 Å². The average Bonchev–Trinajstić information content (AvgIpc) is 3.36. The lowest BCUT2D eigenvalue weighted by atomic mass is 10.1. The fourth-order valence-corrected chi connectivity index (χ4v) is 5.01. The van der Waals surface area contributed by atoms with Gasteiger partial charge in [0.15, 0.2) is 0 Å². The summed E-state index contributed by atoms with van der Waals surface area (Å²) in [5.41, 5.74) is 4.19. The molecular formula is C24H25N3O5S. The lowest BCUT2D eigenvalue weighted by molar-refractivity contribution is -0.126. The van der Waals surface area contributed by atoms with E-state index in [4.69, 9.17) is 4.74 Å². The first kappa shape index (κ1) is 22.8. The third kappa shape index (κ3) is 4.88. The van der Waals surface area contributed by atoms with Crippen LogP contribution in [-0.2, 0) is 27.3 Å². The van der Waals surface area contributed by atoms with Gasteiger partial charge in [-0.1, -0.05) is 12.1 Å². The van der Waals surface area contributed by atoms with Crippen LogP contribution in [0.25, 0.3) is 0 Å². The first-order chi connectivity index (χ1) is 15.9. The zero-order chi connectivity index (χ0) is 23.5. The summed E-state index contributed by atoms with van der Waals surface area (Å²) in [4.78, 5) is 42.8. The Labute approximate surface area is 196 Å². The maximum absolute atomic E-state index is 12.9. The van der Waals surface area contributed by atoms with Crippen molar-refractivity contribution in [2.24, 2.45) is 0 Å². The second kappa shape index (κ2) is 9.66. The monoisotopic (exact) mass is 467 g/mol. The predicted octanol–water partition coefficient (Wildman–Crippen LogP) is 3.18. The summed E-state index contributed by atoms with van der Waals surface area (Å²) in [5, 5.41) is 2.50. The number of carbonyl (C=O) groups is 3. The molecule has 2 aromatic rings. The second-order valence-corrected chi connectivity index (χ2v) is 8.99. The number of hydrogen-bond acceptors (Lipinski definition) is 7. The predicted molar refractivity (Wildman–Crippen MR) is 125 cm³/mol. The second-order valence-electron chi connectivity index (χ2n) is 7.92. The first-order valence-corrected chi connectivity index (χ1v) is 11.6. The van der Waals surface area contributed by atoms with Crippen molar-refractivity contribution in [2.75, 3.05) is 24.8 Å². The molecule has 8 nitrogen and oxygen atoms in total. The molecule has 0 aliphatic carbocycles. The van der Waals surface area contributed by atoms with E-state index in [9.17, 15) is 14.4 Å². The number of anilines is 1. The fraction of sp³-hybridized carbons (Fsp3) is 0.333. The minimum Gasteiger partial charge on any atom is -0.493 e. The molecule has 0 bridgehead atoms. The van der Waals surface area contributed by atoms with Crippen LogP contribution in [0.1, 0.15) is 35.3 Å². The van der Waals surface area contributed by atoms with Crippen molar-refractivity contribution < 1.29 is 23.9 Å². The van der Waals surface area contributed by atoms with Crippen molar-refractivity contribution in [1.29, 1.82) is 0 Å². The highest BCUT2D eigenvalue weighted by atomic mass is 32.2. The summed E-state index contributed by atoms with van der Waals surface area (Å²) < 4.78 is 10.2. The average molecular weight is 468 g/mol. The Bertz CT molecular complexity index is 1130. The molecule has 172 valence electrons. The highest BCUT2D eigenvalue weighted by Gasteiger charge is 2.35. The molecule has 4 rings (SSSR count). The maximum atomic E-state index is 12.9. The van der Waals surface area contributed by atoms with Gasteiger partial charge >= 0.3 is 5.97 Å². The largest absolute Gasteiger partial charge is 0.493 e. The molecule has 0 radical (unpaired) electrons. The lowest BCUT2D eigenvalue weighted by Crippen LogP contribution is -2.34. The summed E-state index contributed by atoms with van der Waals surface area (Å²) in [7, 11) is 1.29. The molecule has 0 spiro atoms. The van der Waals surface area contributed by atoms with Crippen LogP contribution in [0, 0.1) is 0 Å². The van der Waals surface area contributed by atoms with E-state index in [1.165, 1.54) is 31.1 Å². The molecule has 0 saturated carbocycles. The molecule has 0 fully saturated rings. The number of ether oxygens (including phenoxy) is 2. The van der Waals surface area contributed by atoms with Crippen molar-refractivity contribution in [3.63, 3.8) is 0 Å². The van der Waals surface area contributed by atoms with E-state index in [0.29, 0.717) is 24.5 Å². The Morgan fingerprint density at radius 3 is 2.82 bits per heavy atom. The van der Waals surface area contributed by atoms with Gasteiger partial charge in [0, 0.05) is 24.7 Å². The highest BCUT2D eigenvalue weighted by Crippen LogP contribution is 2.35. The van der Waals surface area contributed by atoms with Gasteiger partial charge in [0.05, 0.1) is 25.0 Å². The molecule has 1 aromatic carbocycles. The molecule has 33 heavy (non-hydrogen) atoms. The third-order valence-corrected chi connectivity index (χ3v) is 7.11. The highest BCUT2D eigenvalue weighted by molar-refractivity contribution is 8.00. The molecule has 9 heteroatoms. The number of aromatic nitrogens is 1. The zero-order valence-electron chi connectivity index (χ0n) is 18.7. The van der Waals surface area contributed by atoms with Gasteiger partial charge in [-0.15, -0.1) is 11.8 Å². The van der Waals surface area contributed by atoms with Gasteiger partial charge in [-0.25, -0.2) is 9.78 Å². The summed E-state index contributed by atoms with van der Waals surface area (Å²) in [5.74, 6) is 0.664. The number of rotatable bonds is 7. The van der Waals surface area contributed by atoms with Gasteiger partial charge in [0.25, 0.3) is 5.91 Å². The molecule has 3 heterocycles. The first-order valence-electron chi connectivity index (χ1n) is 10.6. The van der Waals surface area contributed by atoms with Crippen LogP contribution in [0.15, 0.2) is 47.7 Å². The minimum atomic E-state index is -0.490. The van der Waals surface area contributed by atoms with Crippen LogP contribution in [0.2, 0.25) is 0 Å². The number of benzene rings is 1. The van der Waals surface area contributed by atoms with Crippen LogP contribution < -0.4 is 10.1 Å². The molecule has 2 aliphatic rings. The van der Waals surface area contributed by atoms with E-state index in [1.54, 1.807) is 6.07 Å². The normalized spacial score (nSPS) is 17.1. The Kier molecular flexibility index (Phi) is 6.69. The van der Waals surface area contributed by atoms with E-state index >= 15 is 0 Å². The summed E-state index contributed by atoms with van der Waals surface area (Å²) in [6.45, 7) is 4.92. The standard InChI is InChI=1S/C24H25N3O5S/c1-14-15(2)23(27(22(14)29)12-16-4-6-19-17(10-16)8-9-32-19)33-13-21(28)26-20-7-5-18(11-25-20)24(30)31-3/h4-7,10-11,23H,8-9,12-13H2,1-3H3,(H,25,26,28). The number of nitrogens with zero attached hydrogens (tertiary/aromatic N) is 2. The topological polar surface area (TPSA) is 97.8 Å². The van der Waals surface area contributed by atoms with Crippen LogP contribution >= 0.6 is 11.8 Å². The van der Waals surface area contributed by atoms with Crippen LogP contribution in [0.5, 0.6) is 5.75 Å². The molecule has 0 saturated heterocycles. The number of fused-ring (bicyclic) bond motifs is 1. The van der Waals surface area contributed by atoms with Gasteiger partial charge < -0.3 is 19.7 Å². The number of thioether (sulfide) groups is 1. The Balaban J connectivity index is 1.39. The Morgan fingerprint density at radius 1 is 1.27 bits per heavy atom. The minimum absolute atomic E-state index is 0.0118. The Morgan fingerprint density at radius 2 is 2.09 bits per heavy atom. The number of methoxy groups -OCH3 is 1. The molecule has 1 N–H and O–H groups in total. The number of esters is 1. The van der Waals surface area contributed by atoms with Gasteiger partial charge in [0.1, 0.15) is 16.9 Å². The van der Waals surface area contributed by atoms with Gasteiger partial charge in [-0.2, -0.15) is 0 Å². The number of amides is 2. The van der Waals surface area contributed by atoms with Crippen molar-refractivity contribution in [1.82, 2.24) is 9.88 Å². The van der Waals surface area contributed by atoms with Crippen LogP contribution in [0.4, 0.5) is 5.82 Å². The quantitative estimate of drug-likeness (QED) is 0.625. The van der Waals surface area contributed by atoms with Gasteiger partial charge in [0.2, 0.25) is 5.91 Å². The summed E-state index contributed by atoms with van der Waals surface area (Å²) in [6, 6.07) is 9.12. The van der Waals surface area contributed by atoms with Crippen LogP contribution in [0.3, 0.4) is 0 Å². The molecule has 2 amide bonds. The number of pyridine rings is 1. The molecule has 1 atom stereocenters. The summed E-state index contributed by atoms with van der Waals surface area (Å²) >= 11 is 1.40. The molecular weight excluding hydrogens is 442 g/mol. The van der Waals surface area contributed by atoms with E-state index in [-0.39, 0.29) is 22.9 Å². The van der Waals surface area contributed by atoms with E-state index in [0.717, 1.165) is 34.4 Å². The molecule has 2 aliphatic heterocycles. The van der Waals surface area contributed by atoms with Gasteiger partial charge in [-0.3, -0.25) is 9.59 Å². The van der Waals surface area contributed by atoms with Crippen LogP contribution in [-0.4, -0.2) is 52.5 Å². The number of hydrogen-bond donors (Lipinski definition) is 1.